The van der Waals surface area contributed by atoms with E-state index >= 15 is 0 Å². The fraction of sp³-hybridized carbons (Fsp3) is 0.227. The summed E-state index contributed by atoms with van der Waals surface area (Å²) in [5.41, 5.74) is 1.44. The van der Waals surface area contributed by atoms with Gasteiger partial charge in [-0.05, 0) is 43.7 Å². The summed E-state index contributed by atoms with van der Waals surface area (Å²) < 4.78 is 25.1. The molecule has 0 bridgehead atoms. The van der Waals surface area contributed by atoms with E-state index in [1.807, 2.05) is 30.3 Å². The van der Waals surface area contributed by atoms with E-state index in [1.54, 1.807) is 25.3 Å². The average molecular weight is 411 g/mol. The first-order valence-electron chi connectivity index (χ1n) is 9.35. The van der Waals surface area contributed by atoms with E-state index in [1.165, 1.54) is 30.8 Å². The Hall–Kier alpha value is -3.68. The Bertz CT molecular complexity index is 1020. The Morgan fingerprint density at radius 1 is 1.07 bits per heavy atom. The number of hydrogen-bond donors (Lipinski definition) is 1. The van der Waals surface area contributed by atoms with E-state index in [0.717, 1.165) is 11.3 Å². The number of carbonyl (C=O) groups is 2. The first-order valence-corrected chi connectivity index (χ1v) is 9.35. The fourth-order valence-electron chi connectivity index (χ4n) is 2.80. The second kappa shape index (κ2) is 9.21. The highest BCUT2D eigenvalue weighted by Gasteiger charge is 2.25. The third-order valence-corrected chi connectivity index (χ3v) is 4.50. The number of hydrogen-bond acceptors (Lipinski definition) is 5. The fourth-order valence-corrected chi connectivity index (χ4v) is 2.80. The van der Waals surface area contributed by atoms with Crippen LogP contribution >= 0.6 is 0 Å². The largest absolute Gasteiger partial charge is 0.493 e. The van der Waals surface area contributed by atoms with Crippen molar-refractivity contribution in [1.29, 1.82) is 0 Å². The van der Waals surface area contributed by atoms with Gasteiger partial charge in [-0.15, -0.1) is 0 Å². The summed E-state index contributed by atoms with van der Waals surface area (Å²) in [6, 6.07) is 14.6. The van der Waals surface area contributed by atoms with Gasteiger partial charge in [0.05, 0.1) is 25.0 Å². The van der Waals surface area contributed by atoms with Crippen molar-refractivity contribution in [3.05, 3.63) is 77.9 Å². The van der Waals surface area contributed by atoms with Gasteiger partial charge in [-0.3, -0.25) is 4.79 Å². The normalized spacial score (nSPS) is 12.7. The molecule has 0 aliphatic rings. The molecule has 2 atom stereocenters. The van der Waals surface area contributed by atoms with Crippen LogP contribution < -0.4 is 10.1 Å². The molecule has 1 heterocycles. The van der Waals surface area contributed by atoms with Crippen molar-refractivity contribution in [1.82, 2.24) is 15.1 Å². The molecule has 0 saturated heterocycles. The van der Waals surface area contributed by atoms with Gasteiger partial charge in [-0.2, -0.15) is 5.10 Å². The Balaban J connectivity index is 1.67. The van der Waals surface area contributed by atoms with E-state index in [0.29, 0.717) is 0 Å². The number of nitrogens with zero attached hydrogens (tertiary/aromatic N) is 2. The van der Waals surface area contributed by atoms with Gasteiger partial charge in [0.2, 0.25) is 5.69 Å². The molecule has 0 saturated carbocycles. The molecule has 1 amide bonds. The molecule has 0 fully saturated rings. The highest BCUT2D eigenvalue weighted by Crippen LogP contribution is 2.21. The van der Waals surface area contributed by atoms with Crippen LogP contribution in [0.1, 0.15) is 35.9 Å². The molecule has 0 spiro atoms. The van der Waals surface area contributed by atoms with Gasteiger partial charge < -0.3 is 14.8 Å². The number of esters is 1. The average Bonchev–Trinajstić information content (AvgIpc) is 3.19. The van der Waals surface area contributed by atoms with Gasteiger partial charge in [-0.25, -0.2) is 13.9 Å². The van der Waals surface area contributed by atoms with Crippen LogP contribution in [-0.4, -0.2) is 34.9 Å². The maximum Gasteiger partial charge on any atom is 0.363 e. The molecule has 0 unspecified atom stereocenters. The molecule has 7 nitrogen and oxygen atoms in total. The summed E-state index contributed by atoms with van der Waals surface area (Å²) in [7, 11) is 1.42. The summed E-state index contributed by atoms with van der Waals surface area (Å²) >= 11 is 0. The van der Waals surface area contributed by atoms with Gasteiger partial charge in [-0.1, -0.05) is 30.3 Å². The van der Waals surface area contributed by atoms with Crippen LogP contribution in [0, 0.1) is 5.82 Å². The molecule has 3 aromatic rings. The minimum absolute atomic E-state index is 0.0346. The van der Waals surface area contributed by atoms with E-state index in [-0.39, 0.29) is 23.3 Å². The summed E-state index contributed by atoms with van der Waals surface area (Å²) in [5.74, 6) is -1.39. The molecule has 0 radical (unpaired) electrons. The number of para-hydroxylation sites is 1. The number of nitrogens with one attached hydrogen (secondary N) is 1. The van der Waals surface area contributed by atoms with Gasteiger partial charge in [0, 0.05) is 0 Å². The topological polar surface area (TPSA) is 82.5 Å². The Morgan fingerprint density at radius 2 is 1.73 bits per heavy atom. The summed E-state index contributed by atoms with van der Waals surface area (Å²) in [6.45, 7) is 3.22. The lowest BCUT2D eigenvalue weighted by atomic mass is 10.1. The Morgan fingerprint density at radius 3 is 2.37 bits per heavy atom. The number of halogens is 1. The number of rotatable bonds is 7. The lowest BCUT2D eigenvalue weighted by Crippen LogP contribution is -2.37. The minimum atomic E-state index is -1.06. The van der Waals surface area contributed by atoms with Crippen molar-refractivity contribution >= 4 is 11.9 Å². The van der Waals surface area contributed by atoms with Crippen molar-refractivity contribution in [3.8, 4) is 11.4 Å². The zero-order valence-corrected chi connectivity index (χ0v) is 16.8. The monoisotopic (exact) mass is 411 g/mol. The predicted molar refractivity (Wildman–Crippen MR) is 108 cm³/mol. The van der Waals surface area contributed by atoms with Crippen molar-refractivity contribution < 1.29 is 23.5 Å². The van der Waals surface area contributed by atoms with Crippen molar-refractivity contribution in [2.75, 3.05) is 7.11 Å². The SMILES string of the molecule is COc1cn(-c2ccccc2)nc1C(=O)O[C@@H](C)C(=O)N[C@@H](C)c1ccc(F)cc1. The van der Waals surface area contributed by atoms with E-state index in [9.17, 15) is 14.0 Å². The van der Waals surface area contributed by atoms with Crippen molar-refractivity contribution in [2.45, 2.75) is 26.0 Å². The van der Waals surface area contributed by atoms with Crippen LogP contribution in [0.25, 0.3) is 5.69 Å². The zero-order chi connectivity index (χ0) is 21.7. The molecule has 30 heavy (non-hydrogen) atoms. The predicted octanol–water partition coefficient (Wildman–Crippen LogP) is 3.44. The molecule has 156 valence electrons. The lowest BCUT2D eigenvalue weighted by molar-refractivity contribution is -0.129. The zero-order valence-electron chi connectivity index (χ0n) is 16.8. The molecule has 2 aromatic carbocycles. The first kappa shape index (κ1) is 21.0. The Kier molecular flexibility index (Phi) is 6.46. The van der Waals surface area contributed by atoms with E-state index < -0.39 is 18.0 Å². The van der Waals surface area contributed by atoms with Crippen LogP contribution in [0.2, 0.25) is 0 Å². The van der Waals surface area contributed by atoms with Crippen LogP contribution in [0.15, 0.2) is 60.8 Å². The summed E-state index contributed by atoms with van der Waals surface area (Å²) in [4.78, 5) is 25.0. The third-order valence-electron chi connectivity index (χ3n) is 4.50. The molecular formula is C22H22FN3O4. The Labute approximate surface area is 173 Å². The summed E-state index contributed by atoms with van der Waals surface area (Å²) in [6.07, 6.45) is 0.500. The van der Waals surface area contributed by atoms with Gasteiger partial charge >= 0.3 is 5.97 Å². The molecule has 0 aliphatic carbocycles. The van der Waals surface area contributed by atoms with Crippen molar-refractivity contribution in [3.63, 3.8) is 0 Å². The smallest absolute Gasteiger partial charge is 0.363 e. The highest BCUT2D eigenvalue weighted by molar-refractivity contribution is 5.93. The van der Waals surface area contributed by atoms with Crippen LogP contribution in [0.3, 0.4) is 0 Å². The highest BCUT2D eigenvalue weighted by atomic mass is 19.1. The second-order valence-electron chi connectivity index (χ2n) is 6.66. The second-order valence-corrected chi connectivity index (χ2v) is 6.66. The maximum absolute atomic E-state index is 13.1. The van der Waals surface area contributed by atoms with Gasteiger partial charge in [0.1, 0.15) is 5.82 Å². The van der Waals surface area contributed by atoms with E-state index in [4.69, 9.17) is 9.47 Å². The minimum Gasteiger partial charge on any atom is -0.493 e. The number of amides is 1. The molecule has 8 heteroatoms. The third kappa shape index (κ3) is 4.83. The molecule has 1 aromatic heterocycles. The standard InChI is InChI=1S/C22H22FN3O4/c1-14(16-9-11-17(23)12-10-16)24-21(27)15(2)30-22(28)20-19(29-3)13-26(25-20)18-7-5-4-6-8-18/h4-15H,1-3H3,(H,24,27)/t14-,15-/m0/s1. The lowest BCUT2D eigenvalue weighted by Gasteiger charge is -2.18. The van der Waals surface area contributed by atoms with Crippen molar-refractivity contribution in [2.24, 2.45) is 0 Å². The number of ether oxygens (including phenoxy) is 2. The van der Waals surface area contributed by atoms with E-state index in [2.05, 4.69) is 10.4 Å². The molecular weight excluding hydrogens is 389 g/mol. The number of carbonyl (C=O) groups excluding carboxylic acids is 2. The van der Waals surface area contributed by atoms with Gasteiger partial charge in [0.25, 0.3) is 5.91 Å². The number of benzene rings is 2. The summed E-state index contributed by atoms with van der Waals surface area (Å²) in [5, 5.41) is 6.97. The molecule has 1 N–H and O–H groups in total. The van der Waals surface area contributed by atoms with Crippen LogP contribution in [-0.2, 0) is 9.53 Å². The quantitative estimate of drug-likeness (QED) is 0.602. The molecule has 0 aliphatic heterocycles. The van der Waals surface area contributed by atoms with Crippen LogP contribution in [0.4, 0.5) is 4.39 Å². The molecule has 3 rings (SSSR count). The maximum atomic E-state index is 13.1. The van der Waals surface area contributed by atoms with Crippen LogP contribution in [0.5, 0.6) is 5.75 Å². The number of aromatic nitrogens is 2. The first-order chi connectivity index (χ1) is 14.4. The van der Waals surface area contributed by atoms with Gasteiger partial charge in [0.15, 0.2) is 11.9 Å². The number of methoxy groups -OCH3 is 1.